The maximum atomic E-state index is 13.6. The second kappa shape index (κ2) is 17.1. The van der Waals surface area contributed by atoms with E-state index in [-0.39, 0.29) is 62.6 Å². The Labute approximate surface area is 260 Å². The Morgan fingerprint density at radius 3 is 2.34 bits per heavy atom. The molecule has 244 valence electrons. The van der Waals surface area contributed by atoms with E-state index >= 15 is 0 Å². The Hall–Kier alpha value is -2.76. The summed E-state index contributed by atoms with van der Waals surface area (Å²) in [6.45, 7) is 14.9. The van der Waals surface area contributed by atoms with Crippen molar-refractivity contribution in [3.05, 3.63) is 66.8 Å². The summed E-state index contributed by atoms with van der Waals surface area (Å²) in [5, 5.41) is 3.22. The van der Waals surface area contributed by atoms with Crippen LogP contribution in [0.2, 0.25) is 0 Å². The van der Waals surface area contributed by atoms with Gasteiger partial charge >= 0.3 is 13.8 Å². The number of cyclic esters (lactones) is 1. The van der Waals surface area contributed by atoms with Crippen LogP contribution in [0.5, 0.6) is 5.75 Å². The number of fused-ring (bicyclic) bond motifs is 2. The first-order valence-corrected chi connectivity index (χ1v) is 16.2. The molecule has 0 saturated carbocycles. The van der Waals surface area contributed by atoms with Gasteiger partial charge in [-0.1, -0.05) is 43.4 Å². The van der Waals surface area contributed by atoms with E-state index in [0.29, 0.717) is 24.1 Å². The van der Waals surface area contributed by atoms with Crippen LogP contribution in [-0.2, 0) is 37.1 Å². The van der Waals surface area contributed by atoms with Crippen LogP contribution in [0.15, 0.2) is 55.7 Å². The SMILES string of the molecule is C=CCOP(=O)(OCC=C)OCCNc1cc2c(c(OCOC)c1)C(=O)O[C@@H](C)[C@H](C)/C=C\C[C@H]1OC(C)(C)O[C@H]1CC=C2. The average Bonchev–Trinajstić information content (AvgIpc) is 3.28. The fourth-order valence-corrected chi connectivity index (χ4v) is 5.75. The van der Waals surface area contributed by atoms with E-state index in [1.807, 2.05) is 52.0 Å². The lowest BCUT2D eigenvalue weighted by Crippen LogP contribution is -2.23. The summed E-state index contributed by atoms with van der Waals surface area (Å²) in [5.74, 6) is -0.979. The molecule has 2 aliphatic heterocycles. The number of carbonyl (C=O) groups is 1. The van der Waals surface area contributed by atoms with Gasteiger partial charge in [-0.05, 0) is 45.2 Å². The van der Waals surface area contributed by atoms with Crippen molar-refractivity contribution in [2.75, 3.05) is 45.6 Å². The fourth-order valence-electron chi connectivity index (χ4n) is 4.63. The lowest BCUT2D eigenvalue weighted by molar-refractivity contribution is -0.145. The third-order valence-corrected chi connectivity index (χ3v) is 8.27. The van der Waals surface area contributed by atoms with Gasteiger partial charge in [0, 0.05) is 31.3 Å². The van der Waals surface area contributed by atoms with Gasteiger partial charge < -0.3 is 29.0 Å². The number of hydrogen-bond donors (Lipinski definition) is 1. The van der Waals surface area contributed by atoms with Crippen LogP contribution >= 0.6 is 7.82 Å². The molecule has 1 N–H and O–H groups in total. The summed E-state index contributed by atoms with van der Waals surface area (Å²) < 4.78 is 58.0. The van der Waals surface area contributed by atoms with Crippen molar-refractivity contribution in [1.82, 2.24) is 0 Å². The van der Waals surface area contributed by atoms with Crippen molar-refractivity contribution < 1.29 is 46.6 Å². The highest BCUT2D eigenvalue weighted by Gasteiger charge is 2.40. The third-order valence-electron chi connectivity index (χ3n) is 6.84. The molecule has 44 heavy (non-hydrogen) atoms. The predicted octanol–water partition coefficient (Wildman–Crippen LogP) is 6.68. The minimum atomic E-state index is -3.81. The van der Waals surface area contributed by atoms with Gasteiger partial charge in [0.1, 0.15) is 17.4 Å². The summed E-state index contributed by atoms with van der Waals surface area (Å²) in [7, 11) is -2.32. The Morgan fingerprint density at radius 1 is 1.05 bits per heavy atom. The molecule has 1 fully saturated rings. The maximum Gasteiger partial charge on any atom is 0.475 e. The normalized spacial score (nSPS) is 24.3. The highest BCUT2D eigenvalue weighted by molar-refractivity contribution is 7.48. The van der Waals surface area contributed by atoms with Crippen LogP contribution in [0.3, 0.4) is 0 Å². The second-order valence-corrected chi connectivity index (χ2v) is 12.5. The first-order valence-electron chi connectivity index (χ1n) is 14.7. The predicted molar refractivity (Wildman–Crippen MR) is 169 cm³/mol. The highest BCUT2D eigenvalue weighted by atomic mass is 31.2. The van der Waals surface area contributed by atoms with Crippen LogP contribution < -0.4 is 10.1 Å². The zero-order valence-corrected chi connectivity index (χ0v) is 27.2. The van der Waals surface area contributed by atoms with Gasteiger partial charge in [0.2, 0.25) is 0 Å². The molecule has 4 atom stereocenters. The van der Waals surface area contributed by atoms with Crippen molar-refractivity contribution in [2.45, 2.75) is 64.6 Å². The number of esters is 1. The number of phosphoric acid groups is 1. The molecule has 1 aromatic rings. The van der Waals surface area contributed by atoms with E-state index in [0.717, 1.165) is 0 Å². The molecule has 0 spiro atoms. The monoisotopic (exact) mass is 635 g/mol. The van der Waals surface area contributed by atoms with Gasteiger partial charge in [0.05, 0.1) is 32.0 Å². The number of anilines is 1. The van der Waals surface area contributed by atoms with Gasteiger partial charge in [0.25, 0.3) is 0 Å². The lowest BCUT2D eigenvalue weighted by atomic mass is 10.00. The molecule has 11 nitrogen and oxygen atoms in total. The molecule has 2 aliphatic rings. The quantitative estimate of drug-likeness (QED) is 0.0775. The Kier molecular flexibility index (Phi) is 13.9. The summed E-state index contributed by atoms with van der Waals surface area (Å²) in [6, 6.07) is 3.49. The van der Waals surface area contributed by atoms with Gasteiger partial charge in [-0.3, -0.25) is 13.6 Å². The number of hydrogen-bond acceptors (Lipinski definition) is 11. The van der Waals surface area contributed by atoms with E-state index in [1.165, 1.54) is 19.3 Å². The van der Waals surface area contributed by atoms with Crippen LogP contribution in [0, 0.1) is 5.92 Å². The largest absolute Gasteiger partial charge is 0.475 e. The number of ether oxygens (including phenoxy) is 5. The van der Waals surface area contributed by atoms with Crippen LogP contribution in [0.4, 0.5) is 5.69 Å². The van der Waals surface area contributed by atoms with Gasteiger partial charge in [0.15, 0.2) is 12.6 Å². The van der Waals surface area contributed by atoms with E-state index in [1.54, 1.807) is 6.07 Å². The first kappa shape index (κ1) is 35.7. The minimum Gasteiger partial charge on any atom is -0.467 e. The molecule has 2 heterocycles. The smallest absolute Gasteiger partial charge is 0.467 e. The van der Waals surface area contributed by atoms with Crippen molar-refractivity contribution >= 4 is 25.6 Å². The van der Waals surface area contributed by atoms with Crippen molar-refractivity contribution in [3.8, 4) is 5.75 Å². The molecule has 3 rings (SSSR count). The molecule has 0 radical (unpaired) electrons. The summed E-state index contributed by atoms with van der Waals surface area (Å²) >= 11 is 0. The molecule has 1 aromatic carbocycles. The molecule has 1 saturated heterocycles. The molecule has 0 aliphatic carbocycles. The molecule has 0 aromatic heterocycles. The lowest BCUT2D eigenvalue weighted by Gasteiger charge is -2.22. The van der Waals surface area contributed by atoms with E-state index in [4.69, 9.17) is 37.3 Å². The zero-order valence-electron chi connectivity index (χ0n) is 26.3. The fraction of sp³-hybridized carbons (Fsp3) is 0.531. The molecular weight excluding hydrogens is 589 g/mol. The van der Waals surface area contributed by atoms with E-state index in [2.05, 4.69) is 24.6 Å². The number of rotatable bonds is 14. The summed E-state index contributed by atoms with van der Waals surface area (Å²) in [5.41, 5.74) is 1.46. The molecular formula is C32H46NO10P. The Balaban J connectivity index is 1.90. The number of carbonyl (C=O) groups excluding carboxylic acids is 1. The average molecular weight is 636 g/mol. The highest BCUT2D eigenvalue weighted by Crippen LogP contribution is 2.49. The standard InChI is InChI=1S/C32H46NO10P/c1-8-17-38-44(35,39-18-9-2)40-19-16-33-26-20-25-13-11-15-28-27(42-32(5,6)43-28)14-10-12-23(3)24(4)41-31(34)30(25)29(21-26)37-22-36-7/h8-13,20-21,23-24,27-28,33H,1-2,14-19,22H2,3-7H3/b12-10-,13-11?/t23-,24+,27-,28+/m1/s1. The third kappa shape index (κ3) is 10.7. The second-order valence-electron chi connectivity index (χ2n) is 10.8. The van der Waals surface area contributed by atoms with Crippen molar-refractivity contribution in [1.29, 1.82) is 0 Å². The number of nitrogens with one attached hydrogen (secondary N) is 1. The Morgan fingerprint density at radius 2 is 1.70 bits per heavy atom. The van der Waals surface area contributed by atoms with Crippen molar-refractivity contribution in [3.63, 3.8) is 0 Å². The number of benzene rings is 1. The van der Waals surface area contributed by atoms with Crippen LogP contribution in [0.1, 0.15) is 56.5 Å². The summed E-state index contributed by atoms with van der Waals surface area (Å²) in [6.07, 6.45) is 11.4. The van der Waals surface area contributed by atoms with Crippen LogP contribution in [-0.4, -0.2) is 70.3 Å². The molecule has 0 amide bonds. The van der Waals surface area contributed by atoms with Crippen LogP contribution in [0.25, 0.3) is 6.08 Å². The first-order chi connectivity index (χ1) is 21.0. The van der Waals surface area contributed by atoms with Crippen molar-refractivity contribution in [2.24, 2.45) is 5.92 Å². The van der Waals surface area contributed by atoms with Gasteiger partial charge in [-0.25, -0.2) is 9.36 Å². The molecule has 0 bridgehead atoms. The number of methoxy groups -OCH3 is 1. The van der Waals surface area contributed by atoms with Gasteiger partial charge in [-0.2, -0.15) is 0 Å². The zero-order chi connectivity index (χ0) is 32.2. The topological polar surface area (TPSA) is 120 Å². The molecule has 0 unspecified atom stereocenters. The maximum absolute atomic E-state index is 13.6. The van der Waals surface area contributed by atoms with E-state index < -0.39 is 25.7 Å². The summed E-state index contributed by atoms with van der Waals surface area (Å²) in [4.78, 5) is 13.6. The number of phosphoric ester groups is 1. The Bertz CT molecular complexity index is 1210. The minimum absolute atomic E-state index is 0.000742. The van der Waals surface area contributed by atoms with E-state index in [9.17, 15) is 9.36 Å². The molecule has 12 heteroatoms. The van der Waals surface area contributed by atoms with Gasteiger partial charge in [-0.15, -0.1) is 13.2 Å².